The minimum Gasteiger partial charge on any atom is -0.495 e. The van der Waals surface area contributed by atoms with Crippen molar-refractivity contribution >= 4 is 44.6 Å². The lowest BCUT2D eigenvalue weighted by molar-refractivity contribution is -0.113. The fourth-order valence-corrected chi connectivity index (χ4v) is 3.53. The largest absolute Gasteiger partial charge is 0.495 e. The molecule has 0 saturated carbocycles. The van der Waals surface area contributed by atoms with Gasteiger partial charge in [0.15, 0.2) is 9.84 Å². The van der Waals surface area contributed by atoms with E-state index < -0.39 is 21.5 Å². The number of rotatable bonds is 6. The van der Waals surface area contributed by atoms with E-state index in [1.807, 2.05) is 0 Å². The van der Waals surface area contributed by atoms with E-state index in [9.17, 15) is 13.2 Å². The van der Waals surface area contributed by atoms with Crippen molar-refractivity contribution in [3.05, 3.63) is 46.4 Å². The molecule has 2 rings (SSSR count). The zero-order valence-electron chi connectivity index (χ0n) is 13.4. The number of nitrogens with one attached hydrogen (secondary N) is 1. The minimum absolute atomic E-state index is 0.00713. The summed E-state index contributed by atoms with van der Waals surface area (Å²) in [6.07, 6.45) is 0. The Hall–Kier alpha value is -1.96. The van der Waals surface area contributed by atoms with Crippen molar-refractivity contribution in [3.8, 4) is 11.5 Å². The minimum atomic E-state index is -3.81. The predicted molar refractivity (Wildman–Crippen MR) is 96.7 cm³/mol. The highest BCUT2D eigenvalue weighted by atomic mass is 35.5. The molecule has 1 N–H and O–H groups in total. The first-order chi connectivity index (χ1) is 11.8. The first-order valence-corrected chi connectivity index (χ1v) is 9.37. The molecule has 0 saturated heterocycles. The standard InChI is InChI=1S/C16H15Cl2NO5S/c1-23-14-8-13(15(24-2)7-12(14)18)19-16(20)9-25(21,22)11-5-3-10(17)4-6-11/h3-8H,9H2,1-2H3,(H,19,20). The van der Waals surface area contributed by atoms with Crippen LogP contribution in [-0.2, 0) is 14.6 Å². The fraction of sp³-hybridized carbons (Fsp3) is 0.188. The molecule has 0 fully saturated rings. The fourth-order valence-electron chi connectivity index (χ4n) is 2.04. The highest BCUT2D eigenvalue weighted by molar-refractivity contribution is 7.92. The predicted octanol–water partition coefficient (Wildman–Crippen LogP) is 3.42. The summed E-state index contributed by atoms with van der Waals surface area (Å²) in [6, 6.07) is 8.49. The van der Waals surface area contributed by atoms with Gasteiger partial charge in [0.2, 0.25) is 5.91 Å². The number of hydrogen-bond donors (Lipinski definition) is 1. The van der Waals surface area contributed by atoms with E-state index in [1.165, 1.54) is 50.6 Å². The van der Waals surface area contributed by atoms with E-state index in [4.69, 9.17) is 32.7 Å². The molecule has 0 radical (unpaired) electrons. The number of halogens is 2. The molecular weight excluding hydrogens is 389 g/mol. The molecule has 134 valence electrons. The lowest BCUT2D eigenvalue weighted by atomic mass is 10.2. The quantitative estimate of drug-likeness (QED) is 0.798. The summed E-state index contributed by atoms with van der Waals surface area (Å²) in [5, 5.41) is 3.19. The van der Waals surface area contributed by atoms with Crippen LogP contribution in [0.1, 0.15) is 0 Å². The Balaban J connectivity index is 2.21. The smallest absolute Gasteiger partial charge is 0.240 e. The monoisotopic (exact) mass is 403 g/mol. The molecule has 0 aliphatic carbocycles. The van der Waals surface area contributed by atoms with E-state index in [0.29, 0.717) is 15.8 Å². The third-order valence-electron chi connectivity index (χ3n) is 3.24. The van der Waals surface area contributed by atoms with Crippen LogP contribution in [0, 0.1) is 0 Å². The van der Waals surface area contributed by atoms with Gasteiger partial charge in [-0.2, -0.15) is 0 Å². The van der Waals surface area contributed by atoms with Crippen molar-refractivity contribution in [1.29, 1.82) is 0 Å². The molecule has 0 atom stereocenters. The van der Waals surface area contributed by atoms with Gasteiger partial charge in [-0.1, -0.05) is 23.2 Å². The second kappa shape index (κ2) is 7.95. The van der Waals surface area contributed by atoms with E-state index in [2.05, 4.69) is 5.32 Å². The van der Waals surface area contributed by atoms with Crippen LogP contribution in [0.5, 0.6) is 11.5 Å². The molecule has 0 aliphatic rings. The number of anilines is 1. The van der Waals surface area contributed by atoms with Crippen molar-refractivity contribution in [1.82, 2.24) is 0 Å². The van der Waals surface area contributed by atoms with E-state index in [0.717, 1.165) is 0 Å². The van der Waals surface area contributed by atoms with Crippen LogP contribution in [0.2, 0.25) is 10.0 Å². The van der Waals surface area contributed by atoms with Crippen LogP contribution in [0.3, 0.4) is 0 Å². The first kappa shape index (κ1) is 19.4. The number of carbonyl (C=O) groups is 1. The molecule has 9 heteroatoms. The van der Waals surface area contributed by atoms with Crippen molar-refractivity contribution in [3.63, 3.8) is 0 Å². The van der Waals surface area contributed by atoms with E-state index in [-0.39, 0.29) is 16.3 Å². The van der Waals surface area contributed by atoms with Gasteiger partial charge in [0.05, 0.1) is 29.8 Å². The number of sulfone groups is 1. The lowest BCUT2D eigenvalue weighted by Gasteiger charge is -2.13. The molecule has 0 heterocycles. The Kier molecular flexibility index (Phi) is 6.16. The summed E-state index contributed by atoms with van der Waals surface area (Å²) in [5.74, 6) is -0.859. The van der Waals surface area contributed by atoms with Crippen LogP contribution in [0.4, 0.5) is 5.69 Å². The number of benzene rings is 2. The third-order valence-corrected chi connectivity index (χ3v) is 5.42. The summed E-state index contributed by atoms with van der Waals surface area (Å²) in [4.78, 5) is 12.2. The van der Waals surface area contributed by atoms with Crippen molar-refractivity contribution in [2.24, 2.45) is 0 Å². The Labute approximate surface area is 155 Å². The number of carbonyl (C=O) groups excluding carboxylic acids is 1. The summed E-state index contributed by atoms with van der Waals surface area (Å²) < 4.78 is 34.8. The van der Waals surface area contributed by atoms with Gasteiger partial charge in [0.1, 0.15) is 17.3 Å². The van der Waals surface area contributed by atoms with Gasteiger partial charge < -0.3 is 14.8 Å². The average Bonchev–Trinajstić information content (AvgIpc) is 2.55. The maximum Gasteiger partial charge on any atom is 0.240 e. The van der Waals surface area contributed by atoms with Gasteiger partial charge in [-0.15, -0.1) is 0 Å². The lowest BCUT2D eigenvalue weighted by Crippen LogP contribution is -2.23. The van der Waals surface area contributed by atoms with Crippen molar-refractivity contribution in [2.75, 3.05) is 25.3 Å². The molecule has 2 aromatic rings. The summed E-state index contributed by atoms with van der Waals surface area (Å²) in [6.45, 7) is 0. The van der Waals surface area contributed by atoms with Gasteiger partial charge in [-0.25, -0.2) is 8.42 Å². The normalized spacial score (nSPS) is 11.0. The molecule has 6 nitrogen and oxygen atoms in total. The molecule has 0 bridgehead atoms. The SMILES string of the molecule is COc1cc(NC(=O)CS(=O)(=O)c2ccc(Cl)cc2)c(OC)cc1Cl. The number of methoxy groups -OCH3 is 2. The molecule has 0 aliphatic heterocycles. The molecule has 1 amide bonds. The van der Waals surface area contributed by atoms with Crippen LogP contribution in [-0.4, -0.2) is 34.3 Å². The average molecular weight is 404 g/mol. The molecule has 25 heavy (non-hydrogen) atoms. The Morgan fingerprint density at radius 3 is 2.20 bits per heavy atom. The Morgan fingerprint density at radius 1 is 1.04 bits per heavy atom. The highest BCUT2D eigenvalue weighted by Crippen LogP contribution is 2.35. The third kappa shape index (κ3) is 4.78. The zero-order valence-corrected chi connectivity index (χ0v) is 15.7. The van der Waals surface area contributed by atoms with Crippen molar-refractivity contribution in [2.45, 2.75) is 4.90 Å². The van der Waals surface area contributed by atoms with Gasteiger partial charge >= 0.3 is 0 Å². The zero-order chi connectivity index (χ0) is 18.6. The Bertz CT molecular complexity index is 882. The number of hydrogen-bond acceptors (Lipinski definition) is 5. The topological polar surface area (TPSA) is 81.7 Å². The summed E-state index contributed by atoms with van der Waals surface area (Å²) in [7, 11) is -0.987. The van der Waals surface area contributed by atoms with Crippen LogP contribution < -0.4 is 14.8 Å². The van der Waals surface area contributed by atoms with E-state index >= 15 is 0 Å². The second-order valence-electron chi connectivity index (χ2n) is 4.95. The summed E-state index contributed by atoms with van der Waals surface area (Å²) in [5.41, 5.74) is 0.250. The number of amides is 1. The molecule has 0 unspecified atom stereocenters. The summed E-state index contributed by atoms with van der Waals surface area (Å²) >= 11 is 11.7. The van der Waals surface area contributed by atoms with Crippen LogP contribution in [0.25, 0.3) is 0 Å². The Morgan fingerprint density at radius 2 is 1.64 bits per heavy atom. The first-order valence-electron chi connectivity index (χ1n) is 6.96. The van der Waals surface area contributed by atoms with Gasteiger partial charge in [0, 0.05) is 17.2 Å². The number of ether oxygens (including phenoxy) is 2. The van der Waals surface area contributed by atoms with Gasteiger partial charge in [-0.3, -0.25) is 4.79 Å². The molecular formula is C16H15Cl2NO5S. The maximum atomic E-state index is 12.3. The second-order valence-corrected chi connectivity index (χ2v) is 7.78. The molecule has 0 aromatic heterocycles. The maximum absolute atomic E-state index is 12.3. The van der Waals surface area contributed by atoms with Gasteiger partial charge in [0.25, 0.3) is 0 Å². The van der Waals surface area contributed by atoms with Crippen LogP contribution >= 0.6 is 23.2 Å². The molecule has 2 aromatic carbocycles. The highest BCUT2D eigenvalue weighted by Gasteiger charge is 2.21. The van der Waals surface area contributed by atoms with Crippen molar-refractivity contribution < 1.29 is 22.7 Å². The van der Waals surface area contributed by atoms with E-state index in [1.54, 1.807) is 0 Å². The van der Waals surface area contributed by atoms with Gasteiger partial charge in [-0.05, 0) is 24.3 Å². The molecule has 0 spiro atoms. The van der Waals surface area contributed by atoms with Crippen LogP contribution in [0.15, 0.2) is 41.3 Å².